The average molecular weight is 325 g/mol. The Bertz CT molecular complexity index is 792. The van der Waals surface area contributed by atoms with Crippen LogP contribution in [0.1, 0.15) is 36.8 Å². The fourth-order valence-electron chi connectivity index (χ4n) is 4.35. The lowest BCUT2D eigenvalue weighted by molar-refractivity contribution is 0.0274. The third kappa shape index (κ3) is 1.92. The first-order chi connectivity index (χ1) is 11.8. The molecule has 1 spiro atoms. The Labute approximate surface area is 141 Å². The maximum atomic E-state index is 14.4. The molecule has 0 saturated carbocycles. The zero-order valence-electron chi connectivity index (χ0n) is 13.6. The highest BCUT2D eigenvalue weighted by atomic mass is 19.1. The van der Waals surface area contributed by atoms with Gasteiger partial charge >= 0.3 is 0 Å². The third-order valence-electron chi connectivity index (χ3n) is 5.51. The first-order valence-corrected chi connectivity index (χ1v) is 8.78. The minimum Gasteiger partial charge on any atom is -0.453 e. The largest absolute Gasteiger partial charge is 0.453 e. The maximum absolute atomic E-state index is 14.4. The molecule has 0 unspecified atom stereocenters. The smallest absolute Gasteiger partial charge is 0.169 e. The first-order valence-electron chi connectivity index (χ1n) is 8.78. The molecule has 5 rings (SSSR count). The lowest BCUT2D eigenvalue weighted by Crippen LogP contribution is -2.31. The fourth-order valence-corrected chi connectivity index (χ4v) is 4.35. The summed E-state index contributed by atoms with van der Waals surface area (Å²) in [6.45, 7) is 2.85. The number of fused-ring (bicyclic) bond motifs is 4. The van der Waals surface area contributed by atoms with Gasteiger partial charge in [0.15, 0.2) is 11.6 Å². The second-order valence-electron chi connectivity index (χ2n) is 6.87. The number of anilines is 1. The van der Waals surface area contributed by atoms with Crippen molar-refractivity contribution in [2.75, 3.05) is 24.6 Å². The first kappa shape index (κ1) is 14.3. The quantitative estimate of drug-likeness (QED) is 0.766. The summed E-state index contributed by atoms with van der Waals surface area (Å²) < 4.78 is 26.6. The molecule has 0 bridgehead atoms. The van der Waals surface area contributed by atoms with Crippen molar-refractivity contribution >= 4 is 5.69 Å². The molecule has 24 heavy (non-hydrogen) atoms. The Morgan fingerprint density at radius 3 is 2.67 bits per heavy atom. The van der Waals surface area contributed by atoms with E-state index in [-0.39, 0.29) is 5.82 Å². The Morgan fingerprint density at radius 2 is 1.88 bits per heavy atom. The zero-order chi connectivity index (χ0) is 16.1. The van der Waals surface area contributed by atoms with Crippen molar-refractivity contribution in [3.05, 3.63) is 53.3 Å². The number of nitrogens with zero attached hydrogens (tertiary/aromatic N) is 1. The van der Waals surface area contributed by atoms with Crippen LogP contribution < -0.4 is 9.64 Å². The molecule has 3 nitrogen and oxygen atoms in total. The normalized spacial score (nSPS) is 24.8. The van der Waals surface area contributed by atoms with E-state index in [1.165, 1.54) is 18.9 Å². The highest BCUT2D eigenvalue weighted by molar-refractivity contribution is 5.62. The summed E-state index contributed by atoms with van der Waals surface area (Å²) in [6.07, 6.45) is 4.29. The second-order valence-corrected chi connectivity index (χ2v) is 6.87. The summed E-state index contributed by atoms with van der Waals surface area (Å²) in [7, 11) is 0. The number of hydrogen-bond acceptors (Lipinski definition) is 3. The average Bonchev–Trinajstić information content (AvgIpc) is 3.28. The van der Waals surface area contributed by atoms with Crippen LogP contribution in [0.2, 0.25) is 0 Å². The van der Waals surface area contributed by atoms with Gasteiger partial charge in [-0.2, -0.15) is 0 Å². The van der Waals surface area contributed by atoms with E-state index in [4.69, 9.17) is 9.47 Å². The molecule has 3 heterocycles. The standard InChI is InChI=1S/C20H20FNO2/c21-17-6-3-5-16-19(17)24-18-13-14(22-10-1-2-11-22)7-8-15(18)20(16)9-4-12-23-20/h3,5-8,13H,1-2,4,9-12H2/t20-/m0/s1. The monoisotopic (exact) mass is 325 g/mol. The molecule has 0 N–H and O–H groups in total. The van der Waals surface area contributed by atoms with Gasteiger partial charge in [0.05, 0.1) is 0 Å². The number of halogens is 1. The zero-order valence-corrected chi connectivity index (χ0v) is 13.6. The van der Waals surface area contributed by atoms with E-state index in [1.54, 1.807) is 6.07 Å². The van der Waals surface area contributed by atoms with Crippen LogP contribution in [-0.4, -0.2) is 19.7 Å². The van der Waals surface area contributed by atoms with Crippen molar-refractivity contribution < 1.29 is 13.9 Å². The van der Waals surface area contributed by atoms with Gasteiger partial charge in [0.1, 0.15) is 11.4 Å². The minimum atomic E-state index is -0.561. The predicted molar refractivity (Wildman–Crippen MR) is 90.3 cm³/mol. The number of para-hydroxylation sites is 1. The molecule has 1 atom stereocenters. The molecule has 3 aliphatic heterocycles. The summed E-state index contributed by atoms with van der Waals surface area (Å²) in [5, 5.41) is 0. The summed E-state index contributed by atoms with van der Waals surface area (Å²) >= 11 is 0. The van der Waals surface area contributed by atoms with Gasteiger partial charge in [0.25, 0.3) is 0 Å². The van der Waals surface area contributed by atoms with Crippen LogP contribution >= 0.6 is 0 Å². The van der Waals surface area contributed by atoms with Crippen LogP contribution in [0, 0.1) is 5.82 Å². The molecule has 2 saturated heterocycles. The number of rotatable bonds is 1. The van der Waals surface area contributed by atoms with Crippen molar-refractivity contribution in [1.29, 1.82) is 0 Å². The lowest BCUT2D eigenvalue weighted by Gasteiger charge is -2.37. The maximum Gasteiger partial charge on any atom is 0.169 e. The van der Waals surface area contributed by atoms with Gasteiger partial charge in [-0.15, -0.1) is 0 Å². The molecule has 2 aromatic rings. The molecule has 4 heteroatoms. The number of benzene rings is 2. The van der Waals surface area contributed by atoms with Crippen molar-refractivity contribution in [1.82, 2.24) is 0 Å². The van der Waals surface area contributed by atoms with Gasteiger partial charge in [-0.25, -0.2) is 4.39 Å². The van der Waals surface area contributed by atoms with Crippen LogP contribution in [0.3, 0.4) is 0 Å². The summed E-state index contributed by atoms with van der Waals surface area (Å²) in [6, 6.07) is 11.4. The molecule has 0 radical (unpaired) electrons. The van der Waals surface area contributed by atoms with Crippen molar-refractivity contribution in [2.45, 2.75) is 31.3 Å². The molecule has 3 aliphatic rings. The van der Waals surface area contributed by atoms with Crippen LogP contribution in [0.15, 0.2) is 36.4 Å². The highest BCUT2D eigenvalue weighted by Crippen LogP contribution is 2.54. The van der Waals surface area contributed by atoms with E-state index < -0.39 is 5.60 Å². The van der Waals surface area contributed by atoms with Gasteiger partial charge in [0, 0.05) is 42.6 Å². The van der Waals surface area contributed by atoms with E-state index in [2.05, 4.69) is 23.1 Å². The van der Waals surface area contributed by atoms with E-state index in [0.717, 1.165) is 48.5 Å². The van der Waals surface area contributed by atoms with Crippen molar-refractivity contribution in [3.63, 3.8) is 0 Å². The van der Waals surface area contributed by atoms with Gasteiger partial charge in [-0.05, 0) is 43.9 Å². The topological polar surface area (TPSA) is 21.7 Å². The molecule has 0 aromatic heterocycles. The van der Waals surface area contributed by atoms with Crippen molar-refractivity contribution in [2.24, 2.45) is 0 Å². The molecular weight excluding hydrogens is 305 g/mol. The molecule has 2 fully saturated rings. The van der Waals surface area contributed by atoms with Gasteiger partial charge < -0.3 is 14.4 Å². The van der Waals surface area contributed by atoms with Gasteiger partial charge in [-0.1, -0.05) is 12.1 Å². The molecule has 124 valence electrons. The SMILES string of the molecule is Fc1cccc2c1Oc1cc(N3CCCC3)ccc1[C@@]21CCCO1. The second kappa shape index (κ2) is 5.21. The number of ether oxygens (including phenoxy) is 2. The summed E-state index contributed by atoms with van der Waals surface area (Å²) in [5.41, 5.74) is 2.44. The van der Waals surface area contributed by atoms with Gasteiger partial charge in [-0.3, -0.25) is 0 Å². The van der Waals surface area contributed by atoms with Crippen LogP contribution in [0.5, 0.6) is 11.5 Å². The fraction of sp³-hybridized carbons (Fsp3) is 0.400. The summed E-state index contributed by atoms with van der Waals surface area (Å²) in [5.74, 6) is 0.740. The number of hydrogen-bond donors (Lipinski definition) is 0. The predicted octanol–water partition coefficient (Wildman–Crippen LogP) is 4.59. The molecule has 2 aromatic carbocycles. The van der Waals surface area contributed by atoms with E-state index in [1.807, 2.05) is 6.07 Å². The van der Waals surface area contributed by atoms with Crippen LogP contribution in [0.25, 0.3) is 0 Å². The summed E-state index contributed by atoms with van der Waals surface area (Å²) in [4.78, 5) is 2.36. The van der Waals surface area contributed by atoms with E-state index in [0.29, 0.717) is 12.4 Å². The molecule has 0 amide bonds. The molecule has 0 aliphatic carbocycles. The lowest BCUT2D eigenvalue weighted by atomic mass is 9.81. The third-order valence-corrected chi connectivity index (χ3v) is 5.51. The minimum absolute atomic E-state index is 0.320. The Balaban J connectivity index is 1.67. The van der Waals surface area contributed by atoms with E-state index in [9.17, 15) is 4.39 Å². The Morgan fingerprint density at radius 1 is 1.00 bits per heavy atom. The van der Waals surface area contributed by atoms with E-state index >= 15 is 0 Å². The Hall–Kier alpha value is -2.07. The van der Waals surface area contributed by atoms with Crippen LogP contribution in [-0.2, 0) is 10.3 Å². The van der Waals surface area contributed by atoms with Crippen molar-refractivity contribution in [3.8, 4) is 11.5 Å². The highest BCUT2D eigenvalue weighted by Gasteiger charge is 2.46. The molecular formula is C20H20FNO2. The van der Waals surface area contributed by atoms with Crippen LogP contribution in [0.4, 0.5) is 10.1 Å². The van der Waals surface area contributed by atoms with Gasteiger partial charge in [0.2, 0.25) is 0 Å². The Kier molecular flexibility index (Phi) is 3.10.